The van der Waals surface area contributed by atoms with E-state index in [0.717, 1.165) is 22.2 Å². The molecule has 1 aromatic heterocycles. The lowest BCUT2D eigenvalue weighted by molar-refractivity contribution is 0.187. The summed E-state index contributed by atoms with van der Waals surface area (Å²) in [7, 11) is 0. The van der Waals surface area contributed by atoms with Crippen LogP contribution in [0.3, 0.4) is 0 Å². The summed E-state index contributed by atoms with van der Waals surface area (Å²) < 4.78 is 0. The third-order valence-corrected chi connectivity index (χ3v) is 2.75. The molecule has 0 aliphatic heterocycles. The molecule has 1 unspecified atom stereocenters. The molecule has 0 radical (unpaired) electrons. The van der Waals surface area contributed by atoms with Crippen molar-refractivity contribution in [2.24, 2.45) is 5.73 Å². The van der Waals surface area contributed by atoms with Crippen molar-refractivity contribution in [1.29, 1.82) is 0 Å². The number of aliphatic hydroxyl groups excluding tert-OH is 1. The molecule has 3 heteroatoms. The first kappa shape index (κ1) is 10.2. The van der Waals surface area contributed by atoms with Crippen LogP contribution in [-0.2, 0) is 0 Å². The van der Waals surface area contributed by atoms with Crippen molar-refractivity contribution < 1.29 is 5.11 Å². The number of nitrogens with one attached hydrogen (secondary N) is 1. The van der Waals surface area contributed by atoms with Gasteiger partial charge in [0.1, 0.15) is 0 Å². The van der Waals surface area contributed by atoms with Crippen molar-refractivity contribution >= 4 is 10.9 Å². The number of benzene rings is 1. The SMILES string of the molecule is Cc1ccc2[nH]c(C)c(C(O)CN)c2c1. The van der Waals surface area contributed by atoms with Gasteiger partial charge in [0.05, 0.1) is 6.10 Å². The lowest BCUT2D eigenvalue weighted by atomic mass is 10.0. The Morgan fingerprint density at radius 2 is 2.13 bits per heavy atom. The molecule has 1 aromatic carbocycles. The van der Waals surface area contributed by atoms with E-state index < -0.39 is 6.10 Å². The second kappa shape index (κ2) is 3.68. The van der Waals surface area contributed by atoms with Gasteiger partial charge < -0.3 is 15.8 Å². The van der Waals surface area contributed by atoms with Crippen molar-refractivity contribution in [3.63, 3.8) is 0 Å². The standard InChI is InChI=1S/C12H16N2O/c1-7-3-4-10-9(5-7)12(8(2)14-10)11(15)6-13/h3-5,11,14-15H,6,13H2,1-2H3. The first-order valence-corrected chi connectivity index (χ1v) is 5.10. The fraction of sp³-hybridized carbons (Fsp3) is 0.333. The normalized spacial score (nSPS) is 13.3. The number of aryl methyl sites for hydroxylation is 2. The molecule has 0 aliphatic carbocycles. The minimum Gasteiger partial charge on any atom is -0.387 e. The number of hydrogen-bond donors (Lipinski definition) is 3. The monoisotopic (exact) mass is 204 g/mol. The van der Waals surface area contributed by atoms with E-state index in [1.54, 1.807) is 0 Å². The fourth-order valence-electron chi connectivity index (χ4n) is 2.01. The third-order valence-electron chi connectivity index (χ3n) is 2.75. The van der Waals surface area contributed by atoms with Crippen LogP contribution in [0.1, 0.15) is 22.9 Å². The number of aliphatic hydroxyl groups is 1. The second-order valence-electron chi connectivity index (χ2n) is 3.96. The topological polar surface area (TPSA) is 62.0 Å². The summed E-state index contributed by atoms with van der Waals surface area (Å²) in [5, 5.41) is 10.9. The van der Waals surface area contributed by atoms with Crippen molar-refractivity contribution in [3.8, 4) is 0 Å². The van der Waals surface area contributed by atoms with E-state index in [2.05, 4.69) is 17.1 Å². The molecular weight excluding hydrogens is 188 g/mol. The zero-order valence-electron chi connectivity index (χ0n) is 9.04. The Balaban J connectivity index is 2.70. The smallest absolute Gasteiger partial charge is 0.0935 e. The van der Waals surface area contributed by atoms with Crippen molar-refractivity contribution in [3.05, 3.63) is 35.0 Å². The Hall–Kier alpha value is -1.32. The zero-order chi connectivity index (χ0) is 11.0. The molecule has 0 spiro atoms. The van der Waals surface area contributed by atoms with E-state index in [9.17, 15) is 5.11 Å². The predicted octanol–water partition coefficient (Wildman–Crippen LogP) is 1.78. The number of hydrogen-bond acceptors (Lipinski definition) is 2. The highest BCUT2D eigenvalue weighted by Crippen LogP contribution is 2.27. The third kappa shape index (κ3) is 1.64. The molecule has 0 amide bonds. The van der Waals surface area contributed by atoms with Crippen LogP contribution >= 0.6 is 0 Å². The second-order valence-corrected chi connectivity index (χ2v) is 3.96. The van der Waals surface area contributed by atoms with Gasteiger partial charge in [-0.15, -0.1) is 0 Å². The van der Waals surface area contributed by atoms with Crippen molar-refractivity contribution in [2.45, 2.75) is 20.0 Å². The van der Waals surface area contributed by atoms with Crippen LogP contribution in [0.5, 0.6) is 0 Å². The van der Waals surface area contributed by atoms with Crippen LogP contribution in [0, 0.1) is 13.8 Å². The molecule has 1 heterocycles. The van der Waals surface area contributed by atoms with Crippen molar-refractivity contribution in [2.75, 3.05) is 6.54 Å². The Morgan fingerprint density at radius 1 is 1.40 bits per heavy atom. The molecule has 0 aliphatic rings. The summed E-state index contributed by atoms with van der Waals surface area (Å²) >= 11 is 0. The quantitative estimate of drug-likeness (QED) is 0.698. The zero-order valence-corrected chi connectivity index (χ0v) is 9.04. The molecular formula is C12H16N2O. The minimum atomic E-state index is -0.583. The first-order chi connectivity index (χ1) is 7.13. The van der Waals surface area contributed by atoms with E-state index in [1.807, 2.05) is 19.9 Å². The van der Waals surface area contributed by atoms with Gasteiger partial charge in [0.15, 0.2) is 0 Å². The molecule has 0 fully saturated rings. The summed E-state index contributed by atoms with van der Waals surface area (Å²) in [5.41, 5.74) is 9.66. The summed E-state index contributed by atoms with van der Waals surface area (Å²) in [6, 6.07) is 6.16. The van der Waals surface area contributed by atoms with Gasteiger partial charge in [-0.25, -0.2) is 0 Å². The Labute approximate surface area is 88.9 Å². The summed E-state index contributed by atoms with van der Waals surface area (Å²) in [6.07, 6.45) is -0.583. The number of rotatable bonds is 2. The maximum absolute atomic E-state index is 9.84. The molecule has 0 saturated carbocycles. The average molecular weight is 204 g/mol. The number of nitrogens with two attached hydrogens (primary N) is 1. The molecule has 80 valence electrons. The molecule has 15 heavy (non-hydrogen) atoms. The van der Waals surface area contributed by atoms with E-state index in [4.69, 9.17) is 5.73 Å². The average Bonchev–Trinajstić information content (AvgIpc) is 2.52. The van der Waals surface area contributed by atoms with Gasteiger partial charge in [0, 0.05) is 28.7 Å². The molecule has 2 rings (SSSR count). The van der Waals surface area contributed by atoms with Gasteiger partial charge in [-0.05, 0) is 26.0 Å². The van der Waals surface area contributed by atoms with Crippen LogP contribution < -0.4 is 5.73 Å². The van der Waals surface area contributed by atoms with Crippen LogP contribution in [-0.4, -0.2) is 16.6 Å². The largest absolute Gasteiger partial charge is 0.387 e. The lowest BCUT2D eigenvalue weighted by Gasteiger charge is -2.08. The fourth-order valence-corrected chi connectivity index (χ4v) is 2.01. The number of H-pyrrole nitrogens is 1. The van der Waals surface area contributed by atoms with Crippen LogP contribution in [0.15, 0.2) is 18.2 Å². The Kier molecular flexibility index (Phi) is 2.50. The Bertz CT molecular complexity index is 488. The van der Waals surface area contributed by atoms with Gasteiger partial charge in [0.25, 0.3) is 0 Å². The van der Waals surface area contributed by atoms with Gasteiger partial charge in [-0.2, -0.15) is 0 Å². The molecule has 0 bridgehead atoms. The van der Waals surface area contributed by atoms with E-state index in [1.165, 1.54) is 5.56 Å². The Morgan fingerprint density at radius 3 is 2.80 bits per heavy atom. The van der Waals surface area contributed by atoms with Crippen LogP contribution in [0.4, 0.5) is 0 Å². The lowest BCUT2D eigenvalue weighted by Crippen LogP contribution is -2.12. The van der Waals surface area contributed by atoms with E-state index >= 15 is 0 Å². The van der Waals surface area contributed by atoms with Crippen molar-refractivity contribution in [1.82, 2.24) is 4.98 Å². The maximum Gasteiger partial charge on any atom is 0.0935 e. The summed E-state index contributed by atoms with van der Waals surface area (Å²) in [4.78, 5) is 3.25. The summed E-state index contributed by atoms with van der Waals surface area (Å²) in [6.45, 7) is 4.26. The van der Waals surface area contributed by atoms with Gasteiger partial charge >= 0.3 is 0 Å². The van der Waals surface area contributed by atoms with Gasteiger partial charge in [-0.3, -0.25) is 0 Å². The minimum absolute atomic E-state index is 0.252. The van der Waals surface area contributed by atoms with Crippen LogP contribution in [0.25, 0.3) is 10.9 Å². The number of aromatic amines is 1. The highest BCUT2D eigenvalue weighted by atomic mass is 16.3. The van der Waals surface area contributed by atoms with Gasteiger partial charge in [-0.1, -0.05) is 11.6 Å². The summed E-state index contributed by atoms with van der Waals surface area (Å²) in [5.74, 6) is 0. The first-order valence-electron chi connectivity index (χ1n) is 5.10. The highest BCUT2D eigenvalue weighted by molar-refractivity contribution is 5.85. The van der Waals surface area contributed by atoms with Crippen LogP contribution in [0.2, 0.25) is 0 Å². The highest BCUT2D eigenvalue weighted by Gasteiger charge is 2.14. The molecule has 4 N–H and O–H groups in total. The number of fused-ring (bicyclic) bond motifs is 1. The van der Waals surface area contributed by atoms with Gasteiger partial charge in [0.2, 0.25) is 0 Å². The van der Waals surface area contributed by atoms with E-state index in [0.29, 0.717) is 0 Å². The molecule has 2 aromatic rings. The number of aromatic nitrogens is 1. The maximum atomic E-state index is 9.84. The molecule has 3 nitrogen and oxygen atoms in total. The van der Waals surface area contributed by atoms with E-state index in [-0.39, 0.29) is 6.54 Å². The molecule has 1 atom stereocenters. The predicted molar refractivity (Wildman–Crippen MR) is 61.8 cm³/mol. The molecule has 0 saturated heterocycles.